The lowest BCUT2D eigenvalue weighted by Crippen LogP contribution is -2.30. The van der Waals surface area contributed by atoms with Crippen molar-refractivity contribution in [3.05, 3.63) is 44.9 Å². The number of nitrogens with zero attached hydrogens (tertiary/aromatic N) is 2. The Hall–Kier alpha value is -1.51. The third kappa shape index (κ3) is 3.39. The van der Waals surface area contributed by atoms with Crippen LogP contribution in [0.1, 0.15) is 24.0 Å². The first-order chi connectivity index (χ1) is 9.84. The molecule has 8 heteroatoms. The first-order valence-electron chi connectivity index (χ1n) is 6.47. The summed E-state index contributed by atoms with van der Waals surface area (Å²) in [5, 5.41) is 0. The highest BCUT2D eigenvalue weighted by Gasteiger charge is 2.27. The van der Waals surface area contributed by atoms with Crippen LogP contribution in [0.15, 0.2) is 27.2 Å². The zero-order valence-electron chi connectivity index (χ0n) is 12.1. The van der Waals surface area contributed by atoms with E-state index in [9.17, 15) is 13.2 Å². The molecule has 0 aliphatic heterocycles. The van der Waals surface area contributed by atoms with Crippen LogP contribution in [0.25, 0.3) is 0 Å². The second kappa shape index (κ2) is 6.08. The van der Waals surface area contributed by atoms with Crippen LogP contribution in [0.2, 0.25) is 0 Å². The fourth-order valence-electron chi connectivity index (χ4n) is 1.99. The molecule has 0 radical (unpaired) electrons. The summed E-state index contributed by atoms with van der Waals surface area (Å²) >= 11 is 0.718. The number of hydrogen-bond donors (Lipinski definition) is 1. The van der Waals surface area contributed by atoms with E-state index in [2.05, 4.69) is 9.97 Å². The quantitative estimate of drug-likeness (QED) is 0.905. The highest BCUT2D eigenvalue weighted by Crippen LogP contribution is 2.22. The van der Waals surface area contributed by atoms with Crippen molar-refractivity contribution >= 4 is 21.4 Å². The third-order valence-electron chi connectivity index (χ3n) is 2.99. The second-order valence-electron chi connectivity index (χ2n) is 4.63. The molecular weight excluding hydrogens is 310 g/mol. The van der Waals surface area contributed by atoms with Gasteiger partial charge < -0.3 is 4.98 Å². The number of aryl methyl sites for hydroxylation is 2. The predicted molar refractivity (Wildman–Crippen MR) is 81.9 cm³/mol. The Balaban J connectivity index is 2.36. The Kier molecular flexibility index (Phi) is 4.60. The summed E-state index contributed by atoms with van der Waals surface area (Å²) in [6.07, 6.45) is 0. The van der Waals surface area contributed by atoms with Crippen molar-refractivity contribution in [3.8, 4) is 0 Å². The molecule has 0 fully saturated rings. The normalized spacial score (nSPS) is 12.0. The van der Waals surface area contributed by atoms with Gasteiger partial charge in [0.2, 0.25) is 0 Å². The van der Waals surface area contributed by atoms with Crippen molar-refractivity contribution in [2.75, 3.05) is 6.54 Å². The molecule has 0 unspecified atom stereocenters. The molecule has 2 rings (SSSR count). The summed E-state index contributed by atoms with van der Waals surface area (Å²) in [6.45, 7) is 5.70. The molecule has 0 amide bonds. The summed E-state index contributed by atoms with van der Waals surface area (Å²) in [4.78, 5) is 17.8. The summed E-state index contributed by atoms with van der Waals surface area (Å²) < 4.78 is 26.7. The van der Waals surface area contributed by atoms with Crippen LogP contribution in [0.3, 0.4) is 0 Å². The highest BCUT2D eigenvalue weighted by atomic mass is 32.2. The van der Waals surface area contributed by atoms with Gasteiger partial charge in [0, 0.05) is 17.9 Å². The molecule has 0 spiro atoms. The molecule has 0 saturated carbocycles. The van der Waals surface area contributed by atoms with Gasteiger partial charge in [-0.1, -0.05) is 24.3 Å². The summed E-state index contributed by atoms with van der Waals surface area (Å²) in [6, 6.07) is 5.49. The van der Waals surface area contributed by atoms with Crippen molar-refractivity contribution in [1.29, 1.82) is 0 Å². The van der Waals surface area contributed by atoms with Crippen LogP contribution in [0, 0.1) is 13.8 Å². The predicted octanol–water partition coefficient (Wildman–Crippen LogP) is 1.66. The number of aromatic nitrogens is 2. The maximum absolute atomic E-state index is 12.6. The number of nitrogens with one attached hydrogen (secondary N) is 1. The van der Waals surface area contributed by atoms with Crippen LogP contribution >= 0.6 is 11.3 Å². The smallest absolute Gasteiger partial charge is 0.305 e. The SMILES string of the molecule is CCN(Cc1cccc(C)n1)S(=O)(=O)c1sc(=O)[nH]c1C. The van der Waals surface area contributed by atoms with Crippen LogP contribution in [-0.2, 0) is 16.6 Å². The summed E-state index contributed by atoms with van der Waals surface area (Å²) in [5.74, 6) is 0. The van der Waals surface area contributed by atoms with Gasteiger partial charge in [0.05, 0.1) is 12.2 Å². The van der Waals surface area contributed by atoms with Gasteiger partial charge in [-0.05, 0) is 26.0 Å². The lowest BCUT2D eigenvalue weighted by atomic mass is 10.3. The molecule has 21 heavy (non-hydrogen) atoms. The van der Waals surface area contributed by atoms with E-state index in [0.717, 1.165) is 17.0 Å². The van der Waals surface area contributed by atoms with E-state index >= 15 is 0 Å². The van der Waals surface area contributed by atoms with Gasteiger partial charge in [-0.15, -0.1) is 0 Å². The maximum Gasteiger partial charge on any atom is 0.305 e. The number of rotatable bonds is 5. The van der Waals surface area contributed by atoms with E-state index in [1.807, 2.05) is 19.1 Å². The van der Waals surface area contributed by atoms with E-state index in [4.69, 9.17) is 0 Å². The zero-order valence-corrected chi connectivity index (χ0v) is 13.7. The van der Waals surface area contributed by atoms with Crippen molar-refractivity contribution in [2.24, 2.45) is 0 Å². The second-order valence-corrected chi connectivity index (χ2v) is 7.74. The monoisotopic (exact) mass is 327 g/mol. The first-order valence-corrected chi connectivity index (χ1v) is 8.72. The van der Waals surface area contributed by atoms with Crippen LogP contribution in [0.5, 0.6) is 0 Å². The minimum Gasteiger partial charge on any atom is -0.315 e. The fourth-order valence-corrected chi connectivity index (χ4v) is 4.84. The number of aromatic amines is 1. The molecule has 2 heterocycles. The topological polar surface area (TPSA) is 83.1 Å². The lowest BCUT2D eigenvalue weighted by molar-refractivity contribution is 0.419. The Labute approximate surface area is 127 Å². The summed E-state index contributed by atoms with van der Waals surface area (Å²) in [7, 11) is -3.69. The fraction of sp³-hybridized carbons (Fsp3) is 0.385. The Morgan fingerprint density at radius 2 is 2.05 bits per heavy atom. The van der Waals surface area contributed by atoms with Gasteiger partial charge in [0.25, 0.3) is 10.0 Å². The minimum atomic E-state index is -3.69. The van der Waals surface area contributed by atoms with Crippen molar-refractivity contribution in [1.82, 2.24) is 14.3 Å². The average Bonchev–Trinajstić information content (AvgIpc) is 2.75. The van der Waals surface area contributed by atoms with Crippen molar-refractivity contribution in [3.63, 3.8) is 0 Å². The standard InChI is InChI=1S/C13H17N3O3S2/c1-4-16(8-11-7-5-6-9(2)14-11)21(18,19)12-10(3)15-13(17)20-12/h5-7H,4,8H2,1-3H3,(H,15,17). The van der Waals surface area contributed by atoms with Gasteiger partial charge >= 0.3 is 4.87 Å². The molecule has 2 aromatic heterocycles. The third-order valence-corrected chi connectivity index (χ3v) is 6.50. The van der Waals surface area contributed by atoms with Crippen LogP contribution in [-0.4, -0.2) is 29.2 Å². The average molecular weight is 327 g/mol. The highest BCUT2D eigenvalue weighted by molar-refractivity contribution is 7.91. The number of thiazole rings is 1. The molecule has 0 aliphatic rings. The molecule has 6 nitrogen and oxygen atoms in total. The maximum atomic E-state index is 12.6. The molecule has 114 valence electrons. The zero-order chi connectivity index (χ0) is 15.6. The minimum absolute atomic E-state index is 0.0713. The van der Waals surface area contributed by atoms with E-state index in [1.54, 1.807) is 19.9 Å². The molecule has 0 aliphatic carbocycles. The van der Waals surface area contributed by atoms with Gasteiger partial charge in [0.15, 0.2) is 4.21 Å². The Morgan fingerprint density at radius 3 is 2.57 bits per heavy atom. The number of H-pyrrole nitrogens is 1. The lowest BCUT2D eigenvalue weighted by Gasteiger charge is -2.19. The molecular formula is C13H17N3O3S2. The van der Waals surface area contributed by atoms with E-state index < -0.39 is 10.0 Å². The first kappa shape index (κ1) is 15.9. The largest absolute Gasteiger partial charge is 0.315 e. The van der Waals surface area contributed by atoms with Gasteiger partial charge in [-0.3, -0.25) is 9.78 Å². The number of sulfonamides is 1. The molecule has 0 saturated heterocycles. The van der Waals surface area contributed by atoms with Crippen LogP contribution < -0.4 is 4.87 Å². The Morgan fingerprint density at radius 1 is 1.33 bits per heavy atom. The van der Waals surface area contributed by atoms with Gasteiger partial charge in [0.1, 0.15) is 0 Å². The molecule has 0 aromatic carbocycles. The molecule has 2 aromatic rings. The molecule has 1 N–H and O–H groups in total. The number of pyridine rings is 1. The summed E-state index contributed by atoms with van der Waals surface area (Å²) in [5.41, 5.74) is 1.89. The van der Waals surface area contributed by atoms with Crippen LogP contribution in [0.4, 0.5) is 0 Å². The van der Waals surface area contributed by atoms with Crippen molar-refractivity contribution < 1.29 is 8.42 Å². The number of hydrogen-bond acceptors (Lipinski definition) is 5. The van der Waals surface area contributed by atoms with Gasteiger partial charge in [-0.25, -0.2) is 8.42 Å². The van der Waals surface area contributed by atoms with E-state index in [0.29, 0.717) is 17.9 Å². The van der Waals surface area contributed by atoms with Gasteiger partial charge in [-0.2, -0.15) is 4.31 Å². The molecule has 0 atom stereocenters. The molecule has 0 bridgehead atoms. The Bertz CT molecular complexity index is 793. The van der Waals surface area contributed by atoms with E-state index in [-0.39, 0.29) is 15.6 Å². The van der Waals surface area contributed by atoms with E-state index in [1.165, 1.54) is 4.31 Å². The van der Waals surface area contributed by atoms with Crippen molar-refractivity contribution in [2.45, 2.75) is 31.5 Å².